The van der Waals surface area contributed by atoms with Gasteiger partial charge in [-0.05, 0) is 38.3 Å². The summed E-state index contributed by atoms with van der Waals surface area (Å²) in [5.41, 5.74) is 1.08. The summed E-state index contributed by atoms with van der Waals surface area (Å²) < 4.78 is 10.5. The number of methoxy groups -OCH3 is 1. The number of anilines is 1. The van der Waals surface area contributed by atoms with E-state index >= 15 is 0 Å². The van der Waals surface area contributed by atoms with Crippen LogP contribution in [0.4, 0.5) is 5.82 Å². The molecule has 1 atom stereocenters. The summed E-state index contributed by atoms with van der Waals surface area (Å²) in [6.45, 7) is 9.64. The zero-order valence-electron chi connectivity index (χ0n) is 17.8. The van der Waals surface area contributed by atoms with Gasteiger partial charge in [0.25, 0.3) is 0 Å². The normalized spacial score (nSPS) is 21.2. The zero-order chi connectivity index (χ0) is 20.6. The Bertz CT molecular complexity index is 686. The van der Waals surface area contributed by atoms with Gasteiger partial charge in [0, 0.05) is 38.9 Å². The second kappa shape index (κ2) is 10.4. The molecule has 8 nitrogen and oxygen atoms in total. The van der Waals surface area contributed by atoms with Crippen molar-refractivity contribution in [1.29, 1.82) is 0 Å². The molecule has 0 radical (unpaired) electrons. The molecule has 0 amide bonds. The van der Waals surface area contributed by atoms with E-state index in [1.807, 2.05) is 6.20 Å². The van der Waals surface area contributed by atoms with Gasteiger partial charge in [0.1, 0.15) is 5.82 Å². The predicted octanol–water partition coefficient (Wildman–Crippen LogP) is 1.66. The molecule has 2 saturated heterocycles. The molecule has 3 rings (SSSR count). The Morgan fingerprint density at radius 1 is 1.34 bits per heavy atom. The average molecular weight is 404 g/mol. The number of aromatic nitrogens is 1. The Morgan fingerprint density at radius 3 is 2.76 bits per heavy atom. The van der Waals surface area contributed by atoms with Crippen LogP contribution in [0.1, 0.15) is 32.3 Å². The second-order valence-electron chi connectivity index (χ2n) is 7.61. The lowest BCUT2D eigenvalue weighted by molar-refractivity contribution is -0.146. The summed E-state index contributed by atoms with van der Waals surface area (Å²) in [6, 6.07) is 4.16. The lowest BCUT2D eigenvalue weighted by Gasteiger charge is -2.33. The van der Waals surface area contributed by atoms with Gasteiger partial charge >= 0.3 is 5.97 Å². The van der Waals surface area contributed by atoms with Crippen LogP contribution in [0.3, 0.4) is 0 Å². The predicted molar refractivity (Wildman–Crippen MR) is 113 cm³/mol. The molecule has 0 aromatic carbocycles. The fraction of sp³-hybridized carbons (Fsp3) is 0.667. The Labute approximate surface area is 173 Å². The fourth-order valence-corrected chi connectivity index (χ4v) is 3.81. The third-order valence-corrected chi connectivity index (χ3v) is 5.45. The molecular weight excluding hydrogens is 370 g/mol. The molecule has 160 valence electrons. The van der Waals surface area contributed by atoms with E-state index in [4.69, 9.17) is 14.5 Å². The van der Waals surface area contributed by atoms with Crippen molar-refractivity contribution >= 4 is 17.7 Å². The van der Waals surface area contributed by atoms with E-state index in [1.165, 1.54) is 7.11 Å². The molecule has 0 saturated carbocycles. The summed E-state index contributed by atoms with van der Waals surface area (Å²) >= 11 is 0. The molecule has 1 aromatic heterocycles. The standard InChI is InChI=1S/C21H33N5O3/c1-4-22-21(25-9-7-18(8-10-25)20(27)28-3)24-14-17-5-6-19(23-13-17)26-11-12-29-16(2)15-26/h5-6,13,16,18H,4,7-12,14-15H2,1-3H3,(H,22,24). The lowest BCUT2D eigenvalue weighted by Crippen LogP contribution is -2.46. The van der Waals surface area contributed by atoms with Gasteiger partial charge in [-0.25, -0.2) is 9.98 Å². The first-order chi connectivity index (χ1) is 14.1. The van der Waals surface area contributed by atoms with Gasteiger partial charge in [-0.2, -0.15) is 0 Å². The van der Waals surface area contributed by atoms with Crippen LogP contribution in [0.25, 0.3) is 0 Å². The monoisotopic (exact) mass is 403 g/mol. The molecular formula is C21H33N5O3. The van der Waals surface area contributed by atoms with Crippen molar-refractivity contribution in [3.63, 3.8) is 0 Å². The molecule has 2 aliphatic rings. The number of guanidine groups is 1. The van der Waals surface area contributed by atoms with Crippen LogP contribution in [-0.2, 0) is 20.8 Å². The van der Waals surface area contributed by atoms with Crippen molar-refractivity contribution < 1.29 is 14.3 Å². The van der Waals surface area contributed by atoms with Gasteiger partial charge in [-0.3, -0.25) is 4.79 Å². The number of morpholine rings is 1. The van der Waals surface area contributed by atoms with E-state index in [1.54, 1.807) is 0 Å². The molecule has 8 heteroatoms. The van der Waals surface area contributed by atoms with Crippen molar-refractivity contribution in [2.75, 3.05) is 51.3 Å². The highest BCUT2D eigenvalue weighted by atomic mass is 16.5. The van der Waals surface area contributed by atoms with E-state index in [2.05, 4.69) is 46.1 Å². The van der Waals surface area contributed by atoms with Gasteiger partial charge in [0.2, 0.25) is 0 Å². The number of nitrogens with zero attached hydrogens (tertiary/aromatic N) is 4. The first-order valence-electron chi connectivity index (χ1n) is 10.5. The molecule has 0 spiro atoms. The van der Waals surface area contributed by atoms with E-state index in [0.717, 1.165) is 69.5 Å². The molecule has 0 bridgehead atoms. The third-order valence-electron chi connectivity index (χ3n) is 5.45. The number of esters is 1. The van der Waals surface area contributed by atoms with Crippen LogP contribution in [0.5, 0.6) is 0 Å². The topological polar surface area (TPSA) is 79.3 Å². The van der Waals surface area contributed by atoms with Crippen molar-refractivity contribution in [3.05, 3.63) is 23.9 Å². The number of hydrogen-bond acceptors (Lipinski definition) is 6. The van der Waals surface area contributed by atoms with Crippen molar-refractivity contribution in [3.8, 4) is 0 Å². The number of carbonyl (C=O) groups is 1. The fourth-order valence-electron chi connectivity index (χ4n) is 3.81. The number of carbonyl (C=O) groups excluding carboxylic acids is 1. The van der Waals surface area contributed by atoms with E-state index < -0.39 is 0 Å². The number of aliphatic imine (C=N–C) groups is 1. The molecule has 29 heavy (non-hydrogen) atoms. The molecule has 1 N–H and O–H groups in total. The first-order valence-corrected chi connectivity index (χ1v) is 10.5. The number of ether oxygens (including phenoxy) is 2. The largest absolute Gasteiger partial charge is 0.469 e. The maximum atomic E-state index is 11.7. The Morgan fingerprint density at radius 2 is 2.14 bits per heavy atom. The number of likely N-dealkylation sites (tertiary alicyclic amines) is 1. The molecule has 1 aromatic rings. The Balaban J connectivity index is 1.58. The first kappa shape index (κ1) is 21.4. The Kier molecular flexibility index (Phi) is 7.69. The number of piperidine rings is 1. The third kappa shape index (κ3) is 5.82. The van der Waals surface area contributed by atoms with E-state index in [0.29, 0.717) is 6.54 Å². The van der Waals surface area contributed by atoms with E-state index in [9.17, 15) is 4.79 Å². The van der Waals surface area contributed by atoms with Crippen LogP contribution in [-0.4, -0.2) is 74.4 Å². The maximum absolute atomic E-state index is 11.7. The summed E-state index contributed by atoms with van der Waals surface area (Å²) in [4.78, 5) is 25.6. The summed E-state index contributed by atoms with van der Waals surface area (Å²) in [6.07, 6.45) is 3.74. The molecule has 2 fully saturated rings. The number of hydrogen-bond donors (Lipinski definition) is 1. The van der Waals surface area contributed by atoms with Crippen molar-refractivity contribution in [2.24, 2.45) is 10.9 Å². The number of pyridine rings is 1. The number of nitrogens with one attached hydrogen (secondary N) is 1. The van der Waals surface area contributed by atoms with Crippen LogP contribution in [0.15, 0.2) is 23.3 Å². The highest BCUT2D eigenvalue weighted by molar-refractivity contribution is 5.80. The van der Waals surface area contributed by atoms with Gasteiger partial charge in [-0.1, -0.05) is 6.07 Å². The lowest BCUT2D eigenvalue weighted by atomic mass is 9.97. The van der Waals surface area contributed by atoms with Gasteiger partial charge in [0.05, 0.1) is 32.3 Å². The molecule has 2 aliphatic heterocycles. The quantitative estimate of drug-likeness (QED) is 0.455. The number of rotatable bonds is 5. The van der Waals surface area contributed by atoms with Crippen LogP contribution in [0, 0.1) is 5.92 Å². The minimum Gasteiger partial charge on any atom is -0.469 e. The summed E-state index contributed by atoms with van der Waals surface area (Å²) in [7, 11) is 1.46. The molecule has 3 heterocycles. The Hall–Kier alpha value is -2.35. The highest BCUT2D eigenvalue weighted by Gasteiger charge is 2.27. The minimum atomic E-state index is -0.104. The van der Waals surface area contributed by atoms with Crippen LogP contribution < -0.4 is 10.2 Å². The van der Waals surface area contributed by atoms with Crippen LogP contribution in [0.2, 0.25) is 0 Å². The average Bonchev–Trinajstić information content (AvgIpc) is 2.76. The maximum Gasteiger partial charge on any atom is 0.308 e. The summed E-state index contributed by atoms with van der Waals surface area (Å²) in [5, 5.41) is 3.37. The van der Waals surface area contributed by atoms with Crippen molar-refractivity contribution in [2.45, 2.75) is 39.3 Å². The second-order valence-corrected chi connectivity index (χ2v) is 7.61. The molecule has 0 aliphatic carbocycles. The van der Waals surface area contributed by atoms with Crippen molar-refractivity contribution in [1.82, 2.24) is 15.2 Å². The van der Waals surface area contributed by atoms with Gasteiger partial charge < -0.3 is 24.6 Å². The van der Waals surface area contributed by atoms with Gasteiger partial charge in [0.15, 0.2) is 5.96 Å². The zero-order valence-corrected chi connectivity index (χ0v) is 17.8. The van der Waals surface area contributed by atoms with Gasteiger partial charge in [-0.15, -0.1) is 0 Å². The smallest absolute Gasteiger partial charge is 0.308 e. The summed E-state index contributed by atoms with van der Waals surface area (Å²) in [5.74, 6) is 1.78. The SMILES string of the molecule is CCNC(=NCc1ccc(N2CCOC(C)C2)nc1)N1CCC(C(=O)OC)CC1. The van der Waals surface area contributed by atoms with E-state index in [-0.39, 0.29) is 18.0 Å². The minimum absolute atomic E-state index is 0.00113. The van der Waals surface area contributed by atoms with Crippen LogP contribution >= 0.6 is 0 Å². The highest BCUT2D eigenvalue weighted by Crippen LogP contribution is 2.19. The molecule has 1 unspecified atom stereocenters.